The van der Waals surface area contributed by atoms with Gasteiger partial charge in [0, 0.05) is 6.42 Å². The van der Waals surface area contributed by atoms with Gasteiger partial charge in [0.1, 0.15) is 0 Å². The van der Waals surface area contributed by atoms with Gasteiger partial charge in [-0.3, -0.25) is 4.79 Å². The standard InChI is InChI=1S/C25H40O2/c1-16-5-8-19-18(15-16)7-9-21-20(19)13-14-25(3)22(10-11-23(21)25)17(2)6-12-24(26)27-4/h7,16-17,19-23H,5-6,8-15H2,1-4H3/t16-,17+,19-,20?,21?,22+,23?,25+/m0/s1. The first-order valence-corrected chi connectivity index (χ1v) is 11.7. The molecule has 0 aromatic carbocycles. The molecule has 0 aromatic heterocycles. The molecule has 4 aliphatic carbocycles. The summed E-state index contributed by atoms with van der Waals surface area (Å²) < 4.78 is 4.88. The van der Waals surface area contributed by atoms with E-state index in [2.05, 4.69) is 26.8 Å². The lowest BCUT2D eigenvalue weighted by atomic mass is 9.51. The molecule has 0 N–H and O–H groups in total. The molecule has 0 amide bonds. The fourth-order valence-corrected chi connectivity index (χ4v) is 8.10. The zero-order chi connectivity index (χ0) is 19.2. The molecule has 2 heteroatoms. The monoisotopic (exact) mass is 372 g/mol. The number of allylic oxidation sites excluding steroid dienone is 2. The Kier molecular flexibility index (Phi) is 5.47. The molecular formula is C25H40O2. The highest BCUT2D eigenvalue weighted by Crippen LogP contribution is 2.64. The zero-order valence-electron chi connectivity index (χ0n) is 18.0. The van der Waals surface area contributed by atoms with Gasteiger partial charge in [-0.25, -0.2) is 0 Å². The maximum Gasteiger partial charge on any atom is 0.305 e. The molecule has 4 rings (SSSR count). The van der Waals surface area contributed by atoms with E-state index in [-0.39, 0.29) is 5.97 Å². The molecule has 0 spiro atoms. The van der Waals surface area contributed by atoms with Crippen LogP contribution in [0.1, 0.15) is 85.0 Å². The van der Waals surface area contributed by atoms with Crippen molar-refractivity contribution < 1.29 is 9.53 Å². The van der Waals surface area contributed by atoms with Gasteiger partial charge in [-0.15, -0.1) is 0 Å². The summed E-state index contributed by atoms with van der Waals surface area (Å²) in [6, 6.07) is 0. The Labute approximate surface area is 166 Å². The van der Waals surface area contributed by atoms with E-state index in [0.29, 0.717) is 17.8 Å². The molecule has 0 heterocycles. The molecule has 0 saturated heterocycles. The fraction of sp³-hybridized carbons (Fsp3) is 0.880. The van der Waals surface area contributed by atoms with E-state index < -0.39 is 0 Å². The smallest absolute Gasteiger partial charge is 0.305 e. The number of ether oxygens (including phenoxy) is 1. The average Bonchev–Trinajstić information content (AvgIpc) is 3.02. The summed E-state index contributed by atoms with van der Waals surface area (Å²) in [4.78, 5) is 11.6. The first-order chi connectivity index (χ1) is 12.9. The van der Waals surface area contributed by atoms with Gasteiger partial charge in [-0.2, -0.15) is 0 Å². The third-order valence-corrected chi connectivity index (χ3v) is 9.48. The highest BCUT2D eigenvalue weighted by molar-refractivity contribution is 5.69. The van der Waals surface area contributed by atoms with Crippen molar-refractivity contribution in [1.29, 1.82) is 0 Å². The van der Waals surface area contributed by atoms with Crippen LogP contribution in [-0.4, -0.2) is 13.1 Å². The molecule has 0 aromatic rings. The van der Waals surface area contributed by atoms with E-state index >= 15 is 0 Å². The van der Waals surface area contributed by atoms with Gasteiger partial charge in [0.15, 0.2) is 0 Å². The first kappa shape index (κ1) is 19.5. The second kappa shape index (κ2) is 7.56. The van der Waals surface area contributed by atoms with Crippen LogP contribution < -0.4 is 0 Å². The fourth-order valence-electron chi connectivity index (χ4n) is 8.10. The highest BCUT2D eigenvalue weighted by atomic mass is 16.5. The molecule has 0 bridgehead atoms. The second-order valence-corrected chi connectivity index (χ2v) is 10.8. The van der Waals surface area contributed by atoms with Crippen LogP contribution in [0.4, 0.5) is 0 Å². The van der Waals surface area contributed by atoms with Crippen LogP contribution in [-0.2, 0) is 9.53 Å². The van der Waals surface area contributed by atoms with Crippen LogP contribution in [0.5, 0.6) is 0 Å². The van der Waals surface area contributed by atoms with E-state index in [4.69, 9.17) is 4.74 Å². The van der Waals surface area contributed by atoms with Crippen molar-refractivity contribution in [2.45, 2.75) is 85.0 Å². The molecule has 8 atom stereocenters. The largest absolute Gasteiger partial charge is 0.469 e. The molecule has 3 unspecified atom stereocenters. The van der Waals surface area contributed by atoms with Crippen molar-refractivity contribution in [2.75, 3.05) is 7.11 Å². The number of carbonyl (C=O) groups is 1. The Hall–Kier alpha value is -0.790. The minimum atomic E-state index is -0.0401. The predicted octanol–water partition coefficient (Wildman–Crippen LogP) is 6.40. The van der Waals surface area contributed by atoms with Crippen molar-refractivity contribution >= 4 is 5.97 Å². The summed E-state index contributed by atoms with van der Waals surface area (Å²) in [7, 11) is 1.51. The molecule has 3 saturated carbocycles. The maximum absolute atomic E-state index is 11.6. The molecule has 0 aliphatic heterocycles. The van der Waals surface area contributed by atoms with E-state index in [1.807, 2.05) is 5.57 Å². The minimum Gasteiger partial charge on any atom is -0.469 e. The summed E-state index contributed by atoms with van der Waals surface area (Å²) >= 11 is 0. The number of rotatable bonds is 4. The van der Waals surface area contributed by atoms with Gasteiger partial charge in [-0.05, 0) is 105 Å². The van der Waals surface area contributed by atoms with Crippen LogP contribution in [0.3, 0.4) is 0 Å². The molecule has 4 aliphatic rings. The summed E-state index contributed by atoms with van der Waals surface area (Å²) in [5.41, 5.74) is 2.34. The average molecular weight is 373 g/mol. The zero-order valence-corrected chi connectivity index (χ0v) is 18.0. The molecule has 152 valence electrons. The van der Waals surface area contributed by atoms with Crippen molar-refractivity contribution in [3.8, 4) is 0 Å². The van der Waals surface area contributed by atoms with Crippen molar-refractivity contribution in [1.82, 2.24) is 0 Å². The van der Waals surface area contributed by atoms with Crippen molar-refractivity contribution in [3.05, 3.63) is 11.6 Å². The van der Waals surface area contributed by atoms with E-state index in [0.717, 1.165) is 41.9 Å². The van der Waals surface area contributed by atoms with Crippen molar-refractivity contribution in [2.24, 2.45) is 46.8 Å². The van der Waals surface area contributed by atoms with Gasteiger partial charge in [-0.1, -0.05) is 32.4 Å². The Morgan fingerprint density at radius 1 is 1.22 bits per heavy atom. The Morgan fingerprint density at radius 3 is 2.81 bits per heavy atom. The maximum atomic E-state index is 11.6. The van der Waals surface area contributed by atoms with Gasteiger partial charge in [0.2, 0.25) is 0 Å². The van der Waals surface area contributed by atoms with Gasteiger partial charge >= 0.3 is 5.97 Å². The van der Waals surface area contributed by atoms with E-state index in [1.54, 1.807) is 0 Å². The van der Waals surface area contributed by atoms with Gasteiger partial charge < -0.3 is 4.74 Å². The first-order valence-electron chi connectivity index (χ1n) is 11.7. The SMILES string of the molecule is COC(=O)CC[C@@H](C)[C@H]1CCC2C3CC=C4C[C@@H](C)CC[C@@H]4C3CC[C@@]21C. The number of hydrogen-bond acceptors (Lipinski definition) is 2. The number of carbonyl (C=O) groups excluding carboxylic acids is 1. The number of esters is 1. The normalized spacial score (nSPS) is 44.5. The lowest BCUT2D eigenvalue weighted by Crippen LogP contribution is -2.46. The number of fused-ring (bicyclic) bond motifs is 5. The Bertz CT molecular complexity index is 593. The number of methoxy groups -OCH3 is 1. The molecule has 2 nitrogen and oxygen atoms in total. The van der Waals surface area contributed by atoms with Crippen LogP contribution in [0.25, 0.3) is 0 Å². The lowest BCUT2D eigenvalue weighted by molar-refractivity contribution is -0.141. The van der Waals surface area contributed by atoms with Crippen molar-refractivity contribution in [3.63, 3.8) is 0 Å². The summed E-state index contributed by atoms with van der Waals surface area (Å²) in [5.74, 6) is 6.04. The molecule has 3 fully saturated rings. The lowest BCUT2D eigenvalue weighted by Gasteiger charge is -2.54. The topological polar surface area (TPSA) is 26.3 Å². The quantitative estimate of drug-likeness (QED) is 0.421. The summed E-state index contributed by atoms with van der Waals surface area (Å²) in [6.45, 7) is 7.45. The molecular weight excluding hydrogens is 332 g/mol. The van der Waals surface area contributed by atoms with Crippen LogP contribution in [0.15, 0.2) is 11.6 Å². The van der Waals surface area contributed by atoms with Gasteiger partial charge in [0.25, 0.3) is 0 Å². The summed E-state index contributed by atoms with van der Waals surface area (Å²) in [6.07, 6.45) is 15.6. The highest BCUT2D eigenvalue weighted by Gasteiger charge is 2.56. The second-order valence-electron chi connectivity index (χ2n) is 10.8. The Morgan fingerprint density at radius 2 is 2.04 bits per heavy atom. The van der Waals surface area contributed by atoms with E-state index in [1.165, 1.54) is 58.5 Å². The third kappa shape index (κ3) is 3.40. The van der Waals surface area contributed by atoms with Crippen LogP contribution >= 0.6 is 0 Å². The molecule has 27 heavy (non-hydrogen) atoms. The minimum absolute atomic E-state index is 0.0401. The summed E-state index contributed by atoms with van der Waals surface area (Å²) in [5, 5.41) is 0. The Balaban J connectivity index is 1.47. The van der Waals surface area contributed by atoms with Crippen LogP contribution in [0.2, 0.25) is 0 Å². The molecule has 0 radical (unpaired) electrons. The van der Waals surface area contributed by atoms with Gasteiger partial charge in [0.05, 0.1) is 7.11 Å². The predicted molar refractivity (Wildman–Crippen MR) is 110 cm³/mol. The third-order valence-electron chi connectivity index (χ3n) is 9.48. The van der Waals surface area contributed by atoms with E-state index in [9.17, 15) is 4.79 Å². The van der Waals surface area contributed by atoms with Crippen LogP contribution in [0, 0.1) is 46.8 Å². The number of hydrogen-bond donors (Lipinski definition) is 0.